The molecule has 1 unspecified atom stereocenters. The van der Waals surface area contributed by atoms with Crippen LogP contribution in [0.5, 0.6) is 5.75 Å². The highest BCUT2D eigenvalue weighted by Gasteiger charge is 2.36. The number of benzene rings is 1. The summed E-state index contributed by atoms with van der Waals surface area (Å²) in [6, 6.07) is 6.71. The predicted octanol–water partition coefficient (Wildman–Crippen LogP) is 3.73. The van der Waals surface area contributed by atoms with Gasteiger partial charge in [0.15, 0.2) is 0 Å². The first-order chi connectivity index (χ1) is 12.7. The summed E-state index contributed by atoms with van der Waals surface area (Å²) in [6.45, 7) is 3.89. The van der Waals surface area contributed by atoms with Crippen molar-refractivity contribution in [3.05, 3.63) is 63.1 Å². The first-order valence-corrected chi connectivity index (χ1v) is 8.59. The van der Waals surface area contributed by atoms with Crippen LogP contribution in [-0.2, 0) is 6.18 Å². The molecule has 0 aliphatic carbocycles. The number of hydrogen-bond acceptors (Lipinski definition) is 3. The van der Waals surface area contributed by atoms with Crippen molar-refractivity contribution in [3.63, 3.8) is 0 Å². The molecular formula is C19H19F3N2O3. The van der Waals surface area contributed by atoms with E-state index in [0.29, 0.717) is 18.2 Å². The predicted molar refractivity (Wildman–Crippen MR) is 92.8 cm³/mol. The van der Waals surface area contributed by atoms with E-state index < -0.39 is 29.4 Å². The third-order valence-corrected chi connectivity index (χ3v) is 4.47. The van der Waals surface area contributed by atoms with Crippen LogP contribution in [0, 0.1) is 6.92 Å². The van der Waals surface area contributed by atoms with Gasteiger partial charge < -0.3 is 15.0 Å². The molecule has 1 aromatic carbocycles. The van der Waals surface area contributed by atoms with Gasteiger partial charge in [0.05, 0.1) is 6.04 Å². The molecule has 1 amide bonds. The van der Waals surface area contributed by atoms with Crippen LogP contribution >= 0.6 is 0 Å². The van der Waals surface area contributed by atoms with Crippen LogP contribution in [0.2, 0.25) is 0 Å². The van der Waals surface area contributed by atoms with E-state index in [2.05, 4.69) is 5.32 Å². The van der Waals surface area contributed by atoms with Gasteiger partial charge in [0.1, 0.15) is 23.1 Å². The molecule has 1 aromatic heterocycles. The lowest BCUT2D eigenvalue weighted by Gasteiger charge is -2.20. The highest BCUT2D eigenvalue weighted by molar-refractivity contribution is 5.94. The number of hydrogen-bond donors (Lipinski definition) is 2. The number of H-pyrrole nitrogens is 1. The molecule has 2 heterocycles. The molecule has 5 nitrogen and oxygen atoms in total. The summed E-state index contributed by atoms with van der Waals surface area (Å²) < 4.78 is 43.9. The van der Waals surface area contributed by atoms with Crippen LogP contribution in [0.25, 0.3) is 0 Å². The maximum Gasteiger partial charge on any atom is 0.431 e. The van der Waals surface area contributed by atoms with E-state index in [4.69, 9.17) is 4.74 Å². The van der Waals surface area contributed by atoms with Crippen molar-refractivity contribution in [2.24, 2.45) is 0 Å². The number of amides is 1. The Morgan fingerprint density at radius 2 is 2.00 bits per heavy atom. The summed E-state index contributed by atoms with van der Waals surface area (Å²) >= 11 is 0. The normalized spacial score (nSPS) is 18.7. The molecule has 0 saturated carbocycles. The third-order valence-electron chi connectivity index (χ3n) is 4.47. The molecule has 1 aliphatic rings. The van der Waals surface area contributed by atoms with Crippen LogP contribution in [0.4, 0.5) is 13.2 Å². The average Bonchev–Trinajstić information content (AvgIpc) is 2.91. The van der Waals surface area contributed by atoms with Gasteiger partial charge in [-0.05, 0) is 31.5 Å². The lowest BCUT2D eigenvalue weighted by Crippen LogP contribution is -2.38. The largest absolute Gasteiger partial charge is 0.488 e. The van der Waals surface area contributed by atoms with Crippen molar-refractivity contribution in [3.8, 4) is 5.75 Å². The average molecular weight is 380 g/mol. The van der Waals surface area contributed by atoms with E-state index >= 15 is 0 Å². The van der Waals surface area contributed by atoms with E-state index in [-0.39, 0.29) is 11.7 Å². The van der Waals surface area contributed by atoms with Crippen molar-refractivity contribution in [2.45, 2.75) is 45.0 Å². The van der Waals surface area contributed by atoms with Crippen molar-refractivity contribution in [1.82, 2.24) is 10.3 Å². The van der Waals surface area contributed by atoms with Crippen LogP contribution in [-0.4, -0.2) is 17.0 Å². The minimum Gasteiger partial charge on any atom is -0.488 e. The molecule has 0 spiro atoms. The Kier molecular flexibility index (Phi) is 4.99. The minimum atomic E-state index is -4.68. The summed E-state index contributed by atoms with van der Waals surface area (Å²) in [5, 5.41) is 2.75. The smallest absolute Gasteiger partial charge is 0.431 e. The first kappa shape index (κ1) is 19.0. The van der Waals surface area contributed by atoms with Crippen LogP contribution in [0.3, 0.4) is 0 Å². The number of alkyl halides is 3. The quantitative estimate of drug-likeness (QED) is 0.849. The number of aryl methyl sites for hydroxylation is 1. The second kappa shape index (κ2) is 7.09. The lowest BCUT2D eigenvalue weighted by molar-refractivity contribution is -0.141. The Morgan fingerprint density at radius 3 is 2.63 bits per heavy atom. The molecule has 144 valence electrons. The number of aromatic amines is 1. The summed E-state index contributed by atoms with van der Waals surface area (Å²) in [6.07, 6.45) is -3.48. The molecular weight excluding hydrogens is 361 g/mol. The maximum absolute atomic E-state index is 12.7. The van der Waals surface area contributed by atoms with Gasteiger partial charge in [0.2, 0.25) is 0 Å². The second-order valence-electron chi connectivity index (χ2n) is 6.55. The molecule has 0 bridgehead atoms. The van der Waals surface area contributed by atoms with E-state index in [0.717, 1.165) is 23.6 Å². The van der Waals surface area contributed by atoms with E-state index in [9.17, 15) is 22.8 Å². The molecule has 2 aromatic rings. The number of carbonyl (C=O) groups is 1. The summed E-state index contributed by atoms with van der Waals surface area (Å²) in [7, 11) is 0. The Bertz CT molecular complexity index is 921. The van der Waals surface area contributed by atoms with Gasteiger partial charge in [-0.1, -0.05) is 31.0 Å². The highest BCUT2D eigenvalue weighted by Crippen LogP contribution is 2.39. The molecule has 3 rings (SSSR count). The Balaban J connectivity index is 1.88. The Labute approximate surface area is 153 Å². The first-order valence-electron chi connectivity index (χ1n) is 8.59. The molecule has 27 heavy (non-hydrogen) atoms. The molecule has 2 atom stereocenters. The summed E-state index contributed by atoms with van der Waals surface area (Å²) in [5.41, 5.74) is -0.874. The molecule has 1 aliphatic heterocycles. The SMILES string of the molecule is CCCC1Oc2ccc(C)cc2[C@@H]1NC(=O)c1ccc(C(F)(F)F)[nH]c1=O. The minimum absolute atomic E-state index is 0.302. The van der Waals surface area contributed by atoms with E-state index in [1.54, 1.807) is 4.98 Å². The maximum atomic E-state index is 12.7. The zero-order chi connectivity index (χ0) is 19.8. The number of rotatable bonds is 4. The fraction of sp³-hybridized carbons (Fsp3) is 0.368. The second-order valence-corrected chi connectivity index (χ2v) is 6.55. The number of aromatic nitrogens is 1. The number of fused-ring (bicyclic) bond motifs is 1. The van der Waals surface area contributed by atoms with Gasteiger partial charge in [-0.3, -0.25) is 9.59 Å². The zero-order valence-corrected chi connectivity index (χ0v) is 14.8. The third kappa shape index (κ3) is 3.84. The number of carbonyl (C=O) groups excluding carboxylic acids is 1. The monoisotopic (exact) mass is 380 g/mol. The van der Waals surface area contributed by atoms with Crippen molar-refractivity contribution < 1.29 is 22.7 Å². The molecule has 0 radical (unpaired) electrons. The van der Waals surface area contributed by atoms with Crippen molar-refractivity contribution >= 4 is 5.91 Å². The van der Waals surface area contributed by atoms with Crippen molar-refractivity contribution in [1.29, 1.82) is 0 Å². The van der Waals surface area contributed by atoms with Gasteiger partial charge in [-0.25, -0.2) is 0 Å². The van der Waals surface area contributed by atoms with Crippen LogP contribution in [0.1, 0.15) is 53.0 Å². The van der Waals surface area contributed by atoms with Gasteiger partial charge in [-0.15, -0.1) is 0 Å². The fourth-order valence-corrected chi connectivity index (χ4v) is 3.17. The summed E-state index contributed by atoms with van der Waals surface area (Å²) in [5.74, 6) is -0.0836. The molecule has 2 N–H and O–H groups in total. The zero-order valence-electron chi connectivity index (χ0n) is 14.8. The van der Waals surface area contributed by atoms with Gasteiger partial charge >= 0.3 is 6.18 Å². The van der Waals surface area contributed by atoms with E-state index in [1.165, 1.54) is 0 Å². The molecule has 8 heteroatoms. The van der Waals surface area contributed by atoms with Gasteiger partial charge in [0, 0.05) is 5.56 Å². The van der Waals surface area contributed by atoms with Gasteiger partial charge in [0.25, 0.3) is 11.5 Å². The number of pyridine rings is 1. The van der Waals surface area contributed by atoms with E-state index in [1.807, 2.05) is 32.0 Å². The number of ether oxygens (including phenoxy) is 1. The number of halogens is 3. The lowest BCUT2D eigenvalue weighted by atomic mass is 9.98. The summed E-state index contributed by atoms with van der Waals surface area (Å²) in [4.78, 5) is 26.2. The Morgan fingerprint density at radius 1 is 1.26 bits per heavy atom. The van der Waals surface area contributed by atoms with Crippen LogP contribution in [0.15, 0.2) is 35.1 Å². The van der Waals surface area contributed by atoms with Gasteiger partial charge in [-0.2, -0.15) is 13.2 Å². The molecule has 0 saturated heterocycles. The topological polar surface area (TPSA) is 71.2 Å². The fourth-order valence-electron chi connectivity index (χ4n) is 3.17. The highest BCUT2D eigenvalue weighted by atomic mass is 19.4. The van der Waals surface area contributed by atoms with Crippen LogP contribution < -0.4 is 15.6 Å². The van der Waals surface area contributed by atoms with Crippen molar-refractivity contribution in [2.75, 3.05) is 0 Å². The Hall–Kier alpha value is -2.77. The number of nitrogens with one attached hydrogen (secondary N) is 2. The standard InChI is InChI=1S/C19H19F3N2O3/c1-3-4-14-16(12-9-10(2)5-7-13(12)27-14)24-18(26)11-6-8-15(19(20,21)22)23-17(11)25/h5-9,14,16H,3-4H2,1-2H3,(H,23,25)(H,24,26)/t14?,16-/m0/s1. The molecule has 0 fully saturated rings.